The molecule has 0 bridgehead atoms. The molecule has 2 fully saturated rings. The number of benzene rings is 1. The molecule has 150 valence electrons. The molecular weight excluding hydrogens is 368 g/mol. The molecule has 0 radical (unpaired) electrons. The maximum Gasteiger partial charge on any atom is 0.232 e. The zero-order chi connectivity index (χ0) is 20.5. The van der Waals surface area contributed by atoms with Gasteiger partial charge in [-0.3, -0.25) is 14.9 Å². The molecule has 4 rings (SSSR count). The van der Waals surface area contributed by atoms with Crippen LogP contribution in [0.5, 0.6) is 0 Å². The van der Waals surface area contributed by atoms with E-state index in [1.165, 1.54) is 18.5 Å². The smallest absolute Gasteiger partial charge is 0.232 e. The molecule has 3 heterocycles. The van der Waals surface area contributed by atoms with Crippen LogP contribution in [0.3, 0.4) is 0 Å². The van der Waals surface area contributed by atoms with Gasteiger partial charge in [-0.05, 0) is 51.0 Å². The average Bonchev–Trinajstić information content (AvgIpc) is 3.43. The minimum absolute atomic E-state index is 0.0774. The summed E-state index contributed by atoms with van der Waals surface area (Å²) < 4.78 is 5.51. The number of hydrogen-bond acceptors (Lipinski definition) is 5. The normalized spacial score (nSPS) is 18.9. The number of aryl methyl sites for hydroxylation is 1. The Morgan fingerprint density at radius 2 is 1.83 bits per heavy atom. The summed E-state index contributed by atoms with van der Waals surface area (Å²) in [6.45, 7) is 5.98. The fraction of sp³-hybridized carbons (Fsp3) is 0.409. The summed E-state index contributed by atoms with van der Waals surface area (Å²) in [5.41, 5.74) is 3.01. The van der Waals surface area contributed by atoms with Crippen LogP contribution in [0.25, 0.3) is 0 Å². The molecule has 0 aliphatic carbocycles. The molecule has 2 aromatic rings. The Kier molecular flexibility index (Phi) is 5.01. The highest BCUT2D eigenvalue weighted by molar-refractivity contribution is 6.03. The van der Waals surface area contributed by atoms with E-state index in [4.69, 9.17) is 4.42 Å². The highest BCUT2D eigenvalue weighted by atomic mass is 16.4. The predicted molar refractivity (Wildman–Crippen MR) is 110 cm³/mol. The van der Waals surface area contributed by atoms with Gasteiger partial charge in [0.05, 0.1) is 5.92 Å². The lowest BCUT2D eigenvalue weighted by Gasteiger charge is -2.20. The molecule has 0 spiro atoms. The van der Waals surface area contributed by atoms with Crippen LogP contribution in [0.4, 0.5) is 17.3 Å². The van der Waals surface area contributed by atoms with Crippen molar-refractivity contribution >= 4 is 29.1 Å². The molecule has 1 atom stereocenters. The number of carbonyl (C=O) groups is 2. The van der Waals surface area contributed by atoms with Gasteiger partial charge in [0.1, 0.15) is 17.4 Å². The van der Waals surface area contributed by atoms with Crippen molar-refractivity contribution in [3.05, 3.63) is 41.2 Å². The van der Waals surface area contributed by atoms with Gasteiger partial charge in [-0.25, -0.2) is 0 Å². The van der Waals surface area contributed by atoms with E-state index in [-0.39, 0.29) is 24.1 Å². The molecule has 1 aromatic carbocycles. The monoisotopic (exact) mass is 392 g/mol. The maximum absolute atomic E-state index is 12.7. The summed E-state index contributed by atoms with van der Waals surface area (Å²) in [6, 6.07) is 10.0. The lowest BCUT2D eigenvalue weighted by molar-refractivity contribution is -0.122. The van der Waals surface area contributed by atoms with Crippen molar-refractivity contribution in [3.63, 3.8) is 0 Å². The Balaban J connectivity index is 1.44. The minimum Gasteiger partial charge on any atom is -0.444 e. The van der Waals surface area contributed by atoms with Crippen LogP contribution in [0.15, 0.2) is 28.7 Å². The minimum atomic E-state index is -0.488. The maximum atomic E-state index is 12.7. The topological polar surface area (TPSA) is 89.6 Å². The standard InChI is InChI=1S/C22H24N4O3/c1-14-15(2)29-22(19(14)12-23)24-21(28)16-11-20(27)26(13-16)18-7-5-17(6-8-18)25-9-3-4-10-25/h5-8,16H,3-4,9-11,13H2,1-2H3,(H,24,28). The largest absolute Gasteiger partial charge is 0.444 e. The molecule has 1 N–H and O–H groups in total. The Morgan fingerprint density at radius 3 is 2.48 bits per heavy atom. The van der Waals surface area contributed by atoms with Gasteiger partial charge in [-0.1, -0.05) is 0 Å². The SMILES string of the molecule is Cc1oc(NC(=O)C2CC(=O)N(c3ccc(N4CCCC4)cc3)C2)c(C#N)c1C. The number of nitriles is 1. The second-order valence-electron chi connectivity index (χ2n) is 7.70. The van der Waals surface area contributed by atoms with Crippen LogP contribution in [0.1, 0.15) is 36.1 Å². The van der Waals surface area contributed by atoms with Crippen LogP contribution < -0.4 is 15.1 Å². The number of amides is 2. The van der Waals surface area contributed by atoms with Gasteiger partial charge in [-0.15, -0.1) is 0 Å². The van der Waals surface area contributed by atoms with E-state index in [0.717, 1.165) is 18.8 Å². The van der Waals surface area contributed by atoms with Crippen molar-refractivity contribution in [1.82, 2.24) is 0 Å². The lowest BCUT2D eigenvalue weighted by atomic mass is 10.1. The van der Waals surface area contributed by atoms with Crippen molar-refractivity contribution in [3.8, 4) is 6.07 Å². The first kappa shape index (κ1) is 19.1. The number of carbonyl (C=O) groups excluding carboxylic acids is 2. The van der Waals surface area contributed by atoms with Crippen molar-refractivity contribution in [1.29, 1.82) is 5.26 Å². The molecule has 2 saturated heterocycles. The molecule has 7 nitrogen and oxygen atoms in total. The Labute approximate surface area is 169 Å². The highest BCUT2D eigenvalue weighted by Crippen LogP contribution is 2.30. The summed E-state index contributed by atoms with van der Waals surface area (Å²) in [4.78, 5) is 29.2. The fourth-order valence-corrected chi connectivity index (χ4v) is 4.02. The Morgan fingerprint density at radius 1 is 1.17 bits per heavy atom. The highest BCUT2D eigenvalue weighted by Gasteiger charge is 2.36. The van der Waals surface area contributed by atoms with Crippen molar-refractivity contribution < 1.29 is 14.0 Å². The molecule has 7 heteroatoms. The molecule has 29 heavy (non-hydrogen) atoms. The zero-order valence-corrected chi connectivity index (χ0v) is 16.7. The van der Waals surface area contributed by atoms with Gasteiger partial charge < -0.3 is 14.2 Å². The number of hydrogen-bond donors (Lipinski definition) is 1. The number of rotatable bonds is 4. The van der Waals surface area contributed by atoms with Gasteiger partial charge in [0.25, 0.3) is 0 Å². The molecule has 1 unspecified atom stereocenters. The van der Waals surface area contributed by atoms with Crippen LogP contribution >= 0.6 is 0 Å². The first-order chi connectivity index (χ1) is 14.0. The third-order valence-corrected chi connectivity index (χ3v) is 5.86. The third-order valence-electron chi connectivity index (χ3n) is 5.86. The second-order valence-corrected chi connectivity index (χ2v) is 7.70. The van der Waals surface area contributed by atoms with Crippen LogP contribution in [0, 0.1) is 31.1 Å². The van der Waals surface area contributed by atoms with E-state index in [0.29, 0.717) is 23.4 Å². The molecule has 1 aromatic heterocycles. The third kappa shape index (κ3) is 3.58. The quantitative estimate of drug-likeness (QED) is 0.862. The van der Waals surface area contributed by atoms with E-state index >= 15 is 0 Å². The molecule has 2 aliphatic heterocycles. The van der Waals surface area contributed by atoms with Crippen LogP contribution in [0.2, 0.25) is 0 Å². The summed E-state index contributed by atoms with van der Waals surface area (Å²) in [5, 5.41) is 12.0. The summed E-state index contributed by atoms with van der Waals surface area (Å²) in [7, 11) is 0. The van der Waals surface area contributed by atoms with Gasteiger partial charge in [-0.2, -0.15) is 5.26 Å². The van der Waals surface area contributed by atoms with E-state index in [9.17, 15) is 14.9 Å². The van der Waals surface area contributed by atoms with E-state index in [2.05, 4.69) is 16.3 Å². The lowest BCUT2D eigenvalue weighted by Crippen LogP contribution is -2.28. The second kappa shape index (κ2) is 7.63. The van der Waals surface area contributed by atoms with Crippen molar-refractivity contribution in [2.75, 3.05) is 34.8 Å². The molecule has 0 saturated carbocycles. The van der Waals surface area contributed by atoms with E-state index in [1.54, 1.807) is 18.7 Å². The first-order valence-electron chi connectivity index (χ1n) is 9.94. The number of anilines is 3. The fourth-order valence-electron chi connectivity index (χ4n) is 4.02. The number of nitrogens with zero attached hydrogens (tertiary/aromatic N) is 3. The number of furan rings is 1. The molecular formula is C22H24N4O3. The first-order valence-corrected chi connectivity index (χ1v) is 9.94. The van der Waals surface area contributed by atoms with Crippen LogP contribution in [-0.4, -0.2) is 31.4 Å². The van der Waals surface area contributed by atoms with Gasteiger partial charge in [0.2, 0.25) is 17.7 Å². The van der Waals surface area contributed by atoms with Gasteiger partial charge in [0, 0.05) is 43.0 Å². The van der Waals surface area contributed by atoms with Gasteiger partial charge in [0.15, 0.2) is 0 Å². The molecule has 2 aliphatic rings. The average molecular weight is 392 g/mol. The predicted octanol–water partition coefficient (Wildman–Crippen LogP) is 3.36. The molecule has 2 amide bonds. The van der Waals surface area contributed by atoms with Crippen molar-refractivity contribution in [2.24, 2.45) is 5.92 Å². The summed E-state index contributed by atoms with van der Waals surface area (Å²) in [5.74, 6) is -0.114. The summed E-state index contributed by atoms with van der Waals surface area (Å²) >= 11 is 0. The van der Waals surface area contributed by atoms with E-state index in [1.807, 2.05) is 24.3 Å². The summed E-state index contributed by atoms with van der Waals surface area (Å²) in [6.07, 6.45) is 2.57. The zero-order valence-electron chi connectivity index (χ0n) is 16.7. The Hall–Kier alpha value is -3.27. The number of nitrogens with one attached hydrogen (secondary N) is 1. The van der Waals surface area contributed by atoms with Crippen LogP contribution in [-0.2, 0) is 9.59 Å². The Bertz CT molecular complexity index is 981. The van der Waals surface area contributed by atoms with Crippen molar-refractivity contribution in [2.45, 2.75) is 33.1 Å². The van der Waals surface area contributed by atoms with E-state index < -0.39 is 5.92 Å². The van der Waals surface area contributed by atoms with Gasteiger partial charge >= 0.3 is 0 Å².